The molecule has 0 aromatic heterocycles. The van der Waals surface area contributed by atoms with Crippen LogP contribution in [0.1, 0.15) is 16.7 Å². The lowest BCUT2D eigenvalue weighted by molar-refractivity contribution is 1.33. The molecular formula is C15H15I. The molecule has 2 aromatic carbocycles. The Hall–Kier alpha value is -0.830. The van der Waals surface area contributed by atoms with Crippen LogP contribution < -0.4 is 0 Å². The third-order valence-electron chi connectivity index (χ3n) is 3.09. The second-order valence-corrected chi connectivity index (χ2v) is 5.37. The van der Waals surface area contributed by atoms with Crippen molar-refractivity contribution < 1.29 is 0 Å². The lowest BCUT2D eigenvalue weighted by atomic mass is 9.97. The van der Waals surface area contributed by atoms with Crippen LogP contribution in [0.3, 0.4) is 0 Å². The van der Waals surface area contributed by atoms with E-state index in [4.69, 9.17) is 0 Å². The van der Waals surface area contributed by atoms with Crippen LogP contribution in [0, 0.1) is 24.3 Å². The third-order valence-corrected chi connectivity index (χ3v) is 4.25. The van der Waals surface area contributed by atoms with Crippen molar-refractivity contribution >= 4 is 22.6 Å². The Labute approximate surface area is 111 Å². The summed E-state index contributed by atoms with van der Waals surface area (Å²) in [4.78, 5) is 0. The summed E-state index contributed by atoms with van der Waals surface area (Å²) < 4.78 is 1.33. The van der Waals surface area contributed by atoms with E-state index in [1.54, 1.807) is 0 Å². The lowest BCUT2D eigenvalue weighted by Gasteiger charge is -2.09. The summed E-state index contributed by atoms with van der Waals surface area (Å²) in [5.41, 5.74) is 6.74. The second-order valence-electron chi connectivity index (χ2n) is 4.21. The molecule has 0 saturated carbocycles. The molecule has 0 heterocycles. The Morgan fingerprint density at radius 2 is 1.62 bits per heavy atom. The molecule has 0 atom stereocenters. The highest BCUT2D eigenvalue weighted by Gasteiger charge is 2.05. The van der Waals surface area contributed by atoms with Gasteiger partial charge in [0.25, 0.3) is 0 Å². The highest BCUT2D eigenvalue weighted by molar-refractivity contribution is 14.1. The van der Waals surface area contributed by atoms with Crippen LogP contribution in [-0.2, 0) is 0 Å². The first-order valence-electron chi connectivity index (χ1n) is 5.42. The zero-order chi connectivity index (χ0) is 11.7. The molecular weight excluding hydrogens is 307 g/mol. The molecule has 0 fully saturated rings. The van der Waals surface area contributed by atoms with Crippen LogP contribution in [0.2, 0.25) is 0 Å². The van der Waals surface area contributed by atoms with Gasteiger partial charge < -0.3 is 0 Å². The van der Waals surface area contributed by atoms with Gasteiger partial charge in [-0.15, -0.1) is 0 Å². The van der Waals surface area contributed by atoms with Gasteiger partial charge in [0.15, 0.2) is 0 Å². The van der Waals surface area contributed by atoms with Crippen molar-refractivity contribution in [2.45, 2.75) is 20.8 Å². The highest BCUT2D eigenvalue weighted by atomic mass is 127. The number of halogens is 1. The smallest absolute Gasteiger partial charge is 0.0165 e. The molecule has 0 aliphatic heterocycles. The largest absolute Gasteiger partial charge is 0.0606 e. The van der Waals surface area contributed by atoms with Gasteiger partial charge in [-0.1, -0.05) is 30.3 Å². The van der Waals surface area contributed by atoms with Gasteiger partial charge in [0, 0.05) is 3.57 Å². The van der Waals surface area contributed by atoms with Crippen LogP contribution >= 0.6 is 22.6 Å². The molecule has 0 amide bonds. The lowest BCUT2D eigenvalue weighted by Crippen LogP contribution is -1.88. The summed E-state index contributed by atoms with van der Waals surface area (Å²) in [7, 11) is 0. The van der Waals surface area contributed by atoms with E-state index in [-0.39, 0.29) is 0 Å². The minimum absolute atomic E-state index is 1.32. The van der Waals surface area contributed by atoms with Crippen molar-refractivity contribution in [1.29, 1.82) is 0 Å². The molecule has 0 spiro atoms. The number of hydrogen-bond acceptors (Lipinski definition) is 0. The number of hydrogen-bond donors (Lipinski definition) is 0. The van der Waals surface area contributed by atoms with Gasteiger partial charge in [0.2, 0.25) is 0 Å². The predicted octanol–water partition coefficient (Wildman–Crippen LogP) is 4.88. The Bertz CT molecular complexity index is 527. The first kappa shape index (κ1) is 11.6. The normalized spacial score (nSPS) is 10.5. The summed E-state index contributed by atoms with van der Waals surface area (Å²) >= 11 is 2.39. The molecule has 2 aromatic rings. The van der Waals surface area contributed by atoms with Crippen molar-refractivity contribution in [1.82, 2.24) is 0 Å². The molecule has 0 N–H and O–H groups in total. The number of rotatable bonds is 1. The van der Waals surface area contributed by atoms with Crippen LogP contribution in [0.5, 0.6) is 0 Å². The maximum Gasteiger partial charge on any atom is 0.0165 e. The van der Waals surface area contributed by atoms with Crippen molar-refractivity contribution in [3.63, 3.8) is 0 Å². The van der Waals surface area contributed by atoms with Gasteiger partial charge in [0.05, 0.1) is 0 Å². The van der Waals surface area contributed by atoms with E-state index in [9.17, 15) is 0 Å². The summed E-state index contributed by atoms with van der Waals surface area (Å²) in [6, 6.07) is 13.2. The first-order chi connectivity index (χ1) is 7.59. The first-order valence-corrected chi connectivity index (χ1v) is 6.50. The van der Waals surface area contributed by atoms with Crippen LogP contribution in [0.4, 0.5) is 0 Å². The van der Waals surface area contributed by atoms with Crippen molar-refractivity contribution in [2.75, 3.05) is 0 Å². The molecule has 1 heteroatoms. The Kier molecular flexibility index (Phi) is 3.33. The molecule has 16 heavy (non-hydrogen) atoms. The van der Waals surface area contributed by atoms with Crippen molar-refractivity contribution in [3.05, 3.63) is 56.7 Å². The summed E-state index contributed by atoms with van der Waals surface area (Å²) in [6.45, 7) is 6.51. The van der Waals surface area contributed by atoms with Crippen LogP contribution in [0.25, 0.3) is 11.1 Å². The average molecular weight is 322 g/mol. The van der Waals surface area contributed by atoms with E-state index in [1.165, 1.54) is 31.4 Å². The molecule has 0 radical (unpaired) electrons. The topological polar surface area (TPSA) is 0 Å². The molecule has 0 unspecified atom stereocenters. The molecule has 0 nitrogen and oxygen atoms in total. The maximum atomic E-state index is 2.39. The Balaban J connectivity index is 2.59. The van der Waals surface area contributed by atoms with E-state index in [2.05, 4.69) is 79.8 Å². The van der Waals surface area contributed by atoms with E-state index < -0.39 is 0 Å². The van der Waals surface area contributed by atoms with E-state index in [0.29, 0.717) is 0 Å². The highest BCUT2D eigenvalue weighted by Crippen LogP contribution is 2.27. The maximum absolute atomic E-state index is 2.39. The SMILES string of the molecule is Cc1ccc(-c2cccc(I)c2C)cc1C. The molecule has 0 bridgehead atoms. The summed E-state index contributed by atoms with van der Waals surface area (Å²) in [5.74, 6) is 0. The molecule has 82 valence electrons. The fourth-order valence-electron chi connectivity index (χ4n) is 1.83. The van der Waals surface area contributed by atoms with E-state index in [0.717, 1.165) is 0 Å². The average Bonchev–Trinajstić information content (AvgIpc) is 2.26. The Morgan fingerprint density at radius 3 is 2.31 bits per heavy atom. The minimum atomic E-state index is 1.32. The molecule has 0 aliphatic carbocycles. The van der Waals surface area contributed by atoms with Gasteiger partial charge in [-0.05, 0) is 77.2 Å². The second kappa shape index (κ2) is 4.58. The molecule has 2 rings (SSSR count). The molecule has 0 saturated heterocycles. The van der Waals surface area contributed by atoms with Crippen molar-refractivity contribution in [2.24, 2.45) is 0 Å². The number of aryl methyl sites for hydroxylation is 2. The van der Waals surface area contributed by atoms with Crippen molar-refractivity contribution in [3.8, 4) is 11.1 Å². The van der Waals surface area contributed by atoms with Gasteiger partial charge in [-0.3, -0.25) is 0 Å². The third kappa shape index (κ3) is 2.14. The zero-order valence-corrected chi connectivity index (χ0v) is 12.0. The van der Waals surface area contributed by atoms with E-state index in [1.807, 2.05) is 0 Å². The van der Waals surface area contributed by atoms with Gasteiger partial charge in [-0.2, -0.15) is 0 Å². The summed E-state index contributed by atoms with van der Waals surface area (Å²) in [5, 5.41) is 0. The van der Waals surface area contributed by atoms with Gasteiger partial charge in [-0.25, -0.2) is 0 Å². The predicted molar refractivity (Wildman–Crippen MR) is 78.8 cm³/mol. The standard InChI is InChI=1S/C15H15I/c1-10-7-8-13(9-11(10)2)14-5-4-6-15(16)12(14)3/h4-9H,1-3H3. The quantitative estimate of drug-likeness (QED) is 0.656. The number of benzene rings is 2. The van der Waals surface area contributed by atoms with Gasteiger partial charge >= 0.3 is 0 Å². The van der Waals surface area contributed by atoms with E-state index >= 15 is 0 Å². The minimum Gasteiger partial charge on any atom is -0.0606 e. The summed E-state index contributed by atoms with van der Waals surface area (Å²) in [6.07, 6.45) is 0. The van der Waals surface area contributed by atoms with Crippen LogP contribution in [0.15, 0.2) is 36.4 Å². The van der Waals surface area contributed by atoms with Gasteiger partial charge in [0.1, 0.15) is 0 Å². The Morgan fingerprint density at radius 1 is 0.875 bits per heavy atom. The molecule has 0 aliphatic rings. The monoisotopic (exact) mass is 322 g/mol. The van der Waals surface area contributed by atoms with Crippen LogP contribution in [-0.4, -0.2) is 0 Å². The zero-order valence-electron chi connectivity index (χ0n) is 9.84. The fraction of sp³-hybridized carbons (Fsp3) is 0.200. The fourth-order valence-corrected chi connectivity index (χ4v) is 2.33.